The van der Waals surface area contributed by atoms with Gasteiger partial charge in [-0.05, 0) is 18.1 Å². The number of aldehydes is 1. The molecule has 0 spiro atoms. The largest absolute Gasteiger partial charge is 0.352 e. The van der Waals surface area contributed by atoms with Crippen molar-refractivity contribution >= 4 is 17.2 Å². The van der Waals surface area contributed by atoms with Gasteiger partial charge in [-0.1, -0.05) is 25.1 Å². The van der Waals surface area contributed by atoms with E-state index in [1.54, 1.807) is 0 Å². The van der Waals surface area contributed by atoms with Crippen molar-refractivity contribution in [1.29, 1.82) is 0 Å². The van der Waals surface area contributed by atoms with E-state index in [1.807, 2.05) is 18.2 Å². The van der Waals surface area contributed by atoms with Gasteiger partial charge in [-0.15, -0.1) is 0 Å². The van der Waals surface area contributed by atoms with Crippen LogP contribution in [0.3, 0.4) is 0 Å². The van der Waals surface area contributed by atoms with Gasteiger partial charge in [0.15, 0.2) is 6.29 Å². The van der Waals surface area contributed by atoms with Crippen molar-refractivity contribution in [1.82, 2.24) is 4.98 Å². The van der Waals surface area contributed by atoms with Crippen LogP contribution >= 0.6 is 0 Å². The van der Waals surface area contributed by atoms with E-state index >= 15 is 0 Å². The highest BCUT2D eigenvalue weighted by molar-refractivity contribution is 5.89. The summed E-state index contributed by atoms with van der Waals surface area (Å²) in [6, 6.07) is 7.98. The highest BCUT2D eigenvalue weighted by atomic mass is 16.1. The van der Waals surface area contributed by atoms with E-state index in [0.29, 0.717) is 5.69 Å². The van der Waals surface area contributed by atoms with Crippen molar-refractivity contribution in [3.63, 3.8) is 0 Å². The van der Waals surface area contributed by atoms with Crippen LogP contribution in [0.4, 0.5) is 0 Å². The minimum atomic E-state index is 0.649. The molecule has 0 bridgehead atoms. The Hall–Kier alpha value is -1.57. The standard InChI is InChI=1S/C11H11NO/c1-2-8-4-3-5-9-6-10(7-13)12-11(8)9/h3-7,12H,2H2,1H3. The predicted octanol–water partition coefficient (Wildman–Crippen LogP) is 2.54. The summed E-state index contributed by atoms with van der Waals surface area (Å²) in [6.45, 7) is 2.11. The highest BCUT2D eigenvalue weighted by Crippen LogP contribution is 2.18. The third kappa shape index (κ3) is 1.24. The molecule has 0 aliphatic carbocycles. The lowest BCUT2D eigenvalue weighted by Crippen LogP contribution is -1.82. The first-order valence-electron chi connectivity index (χ1n) is 4.41. The van der Waals surface area contributed by atoms with Crippen molar-refractivity contribution in [3.05, 3.63) is 35.5 Å². The first-order valence-corrected chi connectivity index (χ1v) is 4.41. The smallest absolute Gasteiger partial charge is 0.166 e. The number of aryl methyl sites for hydroxylation is 1. The molecule has 0 atom stereocenters. The number of carbonyl (C=O) groups excluding carboxylic acids is 1. The molecule has 0 aliphatic heterocycles. The average molecular weight is 173 g/mol. The normalized spacial score (nSPS) is 10.5. The second-order valence-corrected chi connectivity index (χ2v) is 3.08. The lowest BCUT2D eigenvalue weighted by molar-refractivity contribution is 0.112. The second-order valence-electron chi connectivity index (χ2n) is 3.08. The van der Waals surface area contributed by atoms with Crippen LogP contribution in [0, 0.1) is 0 Å². The van der Waals surface area contributed by atoms with E-state index in [9.17, 15) is 4.79 Å². The molecule has 0 radical (unpaired) electrons. The number of fused-ring (bicyclic) bond motifs is 1. The Kier molecular flexibility index (Phi) is 1.89. The van der Waals surface area contributed by atoms with E-state index in [0.717, 1.165) is 23.6 Å². The van der Waals surface area contributed by atoms with Gasteiger partial charge in [0.1, 0.15) is 0 Å². The van der Waals surface area contributed by atoms with Crippen LogP contribution in [0.15, 0.2) is 24.3 Å². The number of H-pyrrole nitrogens is 1. The third-order valence-electron chi connectivity index (χ3n) is 2.27. The molecule has 1 heterocycles. The van der Waals surface area contributed by atoms with Gasteiger partial charge in [-0.2, -0.15) is 0 Å². The number of carbonyl (C=O) groups is 1. The van der Waals surface area contributed by atoms with E-state index in [2.05, 4.69) is 18.0 Å². The zero-order chi connectivity index (χ0) is 9.26. The Bertz CT molecular complexity index is 442. The van der Waals surface area contributed by atoms with Gasteiger partial charge in [0, 0.05) is 10.9 Å². The van der Waals surface area contributed by atoms with Crippen LogP contribution in [-0.2, 0) is 6.42 Å². The van der Waals surface area contributed by atoms with Gasteiger partial charge in [0.2, 0.25) is 0 Å². The molecule has 0 unspecified atom stereocenters. The fourth-order valence-electron chi connectivity index (χ4n) is 1.60. The van der Waals surface area contributed by atoms with Crippen molar-refractivity contribution in [2.24, 2.45) is 0 Å². The van der Waals surface area contributed by atoms with Gasteiger partial charge in [0.05, 0.1) is 5.69 Å². The number of nitrogens with one attached hydrogen (secondary N) is 1. The van der Waals surface area contributed by atoms with Crippen LogP contribution in [0.1, 0.15) is 23.0 Å². The Morgan fingerprint density at radius 3 is 3.00 bits per heavy atom. The van der Waals surface area contributed by atoms with Gasteiger partial charge >= 0.3 is 0 Å². The Morgan fingerprint density at radius 2 is 2.31 bits per heavy atom. The minimum absolute atomic E-state index is 0.649. The van der Waals surface area contributed by atoms with E-state index in [-0.39, 0.29) is 0 Å². The van der Waals surface area contributed by atoms with Crippen LogP contribution in [-0.4, -0.2) is 11.3 Å². The first-order chi connectivity index (χ1) is 6.35. The molecule has 2 aromatic rings. The summed E-state index contributed by atoms with van der Waals surface area (Å²) in [4.78, 5) is 13.6. The number of aromatic amines is 1. The van der Waals surface area contributed by atoms with E-state index < -0.39 is 0 Å². The van der Waals surface area contributed by atoms with Crippen molar-refractivity contribution in [2.45, 2.75) is 13.3 Å². The van der Waals surface area contributed by atoms with Crippen LogP contribution in [0.2, 0.25) is 0 Å². The minimum Gasteiger partial charge on any atom is -0.352 e. The van der Waals surface area contributed by atoms with Crippen LogP contribution in [0.25, 0.3) is 10.9 Å². The maximum atomic E-state index is 10.5. The Morgan fingerprint density at radius 1 is 1.46 bits per heavy atom. The Balaban J connectivity index is 2.74. The number of hydrogen-bond donors (Lipinski definition) is 1. The molecule has 0 saturated heterocycles. The lowest BCUT2D eigenvalue weighted by atomic mass is 10.1. The number of para-hydroxylation sites is 1. The summed E-state index contributed by atoms with van der Waals surface area (Å²) in [5.74, 6) is 0. The summed E-state index contributed by atoms with van der Waals surface area (Å²) in [7, 11) is 0. The molecule has 2 rings (SSSR count). The fourth-order valence-corrected chi connectivity index (χ4v) is 1.60. The summed E-state index contributed by atoms with van der Waals surface area (Å²) in [5.41, 5.74) is 2.99. The SMILES string of the molecule is CCc1cccc2cc(C=O)[nH]c12. The maximum absolute atomic E-state index is 10.5. The molecular weight excluding hydrogens is 162 g/mol. The molecule has 13 heavy (non-hydrogen) atoms. The monoisotopic (exact) mass is 173 g/mol. The first kappa shape index (κ1) is 8.05. The molecule has 2 heteroatoms. The molecule has 1 N–H and O–H groups in total. The topological polar surface area (TPSA) is 32.9 Å². The zero-order valence-electron chi connectivity index (χ0n) is 7.50. The molecule has 2 nitrogen and oxygen atoms in total. The van der Waals surface area contributed by atoms with Crippen molar-refractivity contribution in [3.8, 4) is 0 Å². The van der Waals surface area contributed by atoms with Gasteiger partial charge in [0.25, 0.3) is 0 Å². The molecule has 0 amide bonds. The summed E-state index contributed by atoms with van der Waals surface area (Å²) < 4.78 is 0. The molecule has 0 aliphatic rings. The average Bonchev–Trinajstić information content (AvgIpc) is 2.59. The number of benzene rings is 1. The van der Waals surface area contributed by atoms with E-state index in [1.165, 1.54) is 5.56 Å². The van der Waals surface area contributed by atoms with Gasteiger partial charge in [-0.25, -0.2) is 0 Å². The molecule has 0 saturated carbocycles. The Labute approximate surface area is 76.6 Å². The summed E-state index contributed by atoms with van der Waals surface area (Å²) in [5, 5.41) is 1.11. The number of aromatic nitrogens is 1. The summed E-state index contributed by atoms with van der Waals surface area (Å²) in [6.07, 6.45) is 1.83. The van der Waals surface area contributed by atoms with Gasteiger partial charge in [-0.3, -0.25) is 4.79 Å². The number of rotatable bonds is 2. The zero-order valence-corrected chi connectivity index (χ0v) is 7.50. The van der Waals surface area contributed by atoms with Crippen molar-refractivity contribution < 1.29 is 4.79 Å². The highest BCUT2D eigenvalue weighted by Gasteiger charge is 2.02. The van der Waals surface area contributed by atoms with Gasteiger partial charge < -0.3 is 4.98 Å². The molecule has 1 aromatic carbocycles. The van der Waals surface area contributed by atoms with Crippen LogP contribution < -0.4 is 0 Å². The molecule has 1 aromatic heterocycles. The third-order valence-corrected chi connectivity index (χ3v) is 2.27. The molecule has 0 fully saturated rings. The van der Waals surface area contributed by atoms with Crippen LogP contribution in [0.5, 0.6) is 0 Å². The fraction of sp³-hybridized carbons (Fsp3) is 0.182. The molecular formula is C11H11NO. The van der Waals surface area contributed by atoms with Crippen molar-refractivity contribution in [2.75, 3.05) is 0 Å². The number of hydrogen-bond acceptors (Lipinski definition) is 1. The summed E-state index contributed by atoms with van der Waals surface area (Å²) >= 11 is 0. The maximum Gasteiger partial charge on any atom is 0.166 e. The quantitative estimate of drug-likeness (QED) is 0.695. The lowest BCUT2D eigenvalue weighted by Gasteiger charge is -1.97. The molecule has 66 valence electrons. The predicted molar refractivity (Wildman–Crippen MR) is 53.1 cm³/mol. The van der Waals surface area contributed by atoms with E-state index in [4.69, 9.17) is 0 Å². The second kappa shape index (κ2) is 3.05.